The van der Waals surface area contributed by atoms with Crippen molar-refractivity contribution in [2.24, 2.45) is 13.0 Å². The number of aromatic hydroxyl groups is 1. The second-order valence-electron chi connectivity index (χ2n) is 7.43. The summed E-state index contributed by atoms with van der Waals surface area (Å²) in [6, 6.07) is 7.39. The molecule has 7 nitrogen and oxygen atoms in total. The minimum atomic E-state index is 0.150. The fraction of sp³-hybridized carbons (Fsp3) is 0.318. The highest BCUT2D eigenvalue weighted by Crippen LogP contribution is 2.39. The van der Waals surface area contributed by atoms with Gasteiger partial charge < -0.3 is 14.6 Å². The summed E-state index contributed by atoms with van der Waals surface area (Å²) in [5.41, 5.74) is 5.06. The molecule has 0 amide bonds. The van der Waals surface area contributed by atoms with Gasteiger partial charge in [-0.1, -0.05) is 6.07 Å². The predicted molar refractivity (Wildman–Crippen MR) is 108 cm³/mol. The van der Waals surface area contributed by atoms with Crippen molar-refractivity contribution in [2.45, 2.75) is 12.8 Å². The Kier molecular flexibility index (Phi) is 4.52. The smallest absolute Gasteiger partial charge is 0.149 e. The van der Waals surface area contributed by atoms with Gasteiger partial charge in [0.15, 0.2) is 0 Å². The molecule has 0 saturated carbocycles. The van der Waals surface area contributed by atoms with Gasteiger partial charge in [0.05, 0.1) is 6.20 Å². The Morgan fingerprint density at radius 2 is 1.97 bits per heavy atom. The molecule has 3 aromatic rings. The Bertz CT molecular complexity index is 1080. The Morgan fingerprint density at radius 1 is 1.10 bits per heavy atom. The van der Waals surface area contributed by atoms with E-state index < -0.39 is 0 Å². The van der Waals surface area contributed by atoms with E-state index in [9.17, 15) is 5.11 Å². The van der Waals surface area contributed by atoms with Crippen molar-refractivity contribution in [3.8, 4) is 33.9 Å². The van der Waals surface area contributed by atoms with E-state index in [0.29, 0.717) is 23.8 Å². The van der Waals surface area contributed by atoms with Crippen LogP contribution in [-0.2, 0) is 11.8 Å². The molecule has 148 valence electrons. The molecule has 7 heteroatoms. The molecule has 5 rings (SSSR count). The van der Waals surface area contributed by atoms with Crippen LogP contribution in [0, 0.1) is 5.92 Å². The Morgan fingerprint density at radius 3 is 2.72 bits per heavy atom. The zero-order valence-electron chi connectivity index (χ0n) is 16.2. The van der Waals surface area contributed by atoms with Crippen molar-refractivity contribution in [3.05, 3.63) is 48.4 Å². The van der Waals surface area contributed by atoms with Crippen LogP contribution in [0.1, 0.15) is 18.5 Å². The summed E-state index contributed by atoms with van der Waals surface area (Å²) in [5, 5.41) is 23.7. The van der Waals surface area contributed by atoms with Crippen LogP contribution in [-0.4, -0.2) is 44.9 Å². The summed E-state index contributed by atoms with van der Waals surface area (Å²) in [7, 11) is 1.86. The van der Waals surface area contributed by atoms with Gasteiger partial charge in [0.2, 0.25) is 0 Å². The molecule has 0 atom stereocenters. The molecule has 2 aliphatic heterocycles. The van der Waals surface area contributed by atoms with Crippen LogP contribution in [0.5, 0.6) is 11.5 Å². The number of allylic oxidation sites excluding steroid dienone is 1. The van der Waals surface area contributed by atoms with E-state index in [1.807, 2.05) is 31.4 Å². The van der Waals surface area contributed by atoms with Gasteiger partial charge in [-0.25, -0.2) is 0 Å². The lowest BCUT2D eigenvalue weighted by Crippen LogP contribution is -2.20. The zero-order valence-corrected chi connectivity index (χ0v) is 16.2. The lowest BCUT2D eigenvalue weighted by molar-refractivity contribution is 0.0804. The number of phenols is 1. The van der Waals surface area contributed by atoms with Crippen LogP contribution in [0.25, 0.3) is 28.0 Å². The first-order valence-electron chi connectivity index (χ1n) is 9.80. The van der Waals surface area contributed by atoms with Crippen LogP contribution < -0.4 is 4.74 Å². The summed E-state index contributed by atoms with van der Waals surface area (Å²) in [4.78, 5) is 0. The maximum Gasteiger partial charge on any atom is 0.149 e. The zero-order chi connectivity index (χ0) is 19.8. The van der Waals surface area contributed by atoms with Crippen molar-refractivity contribution in [1.82, 2.24) is 20.0 Å². The molecule has 0 aliphatic carbocycles. The maximum atomic E-state index is 10.6. The van der Waals surface area contributed by atoms with Gasteiger partial charge in [-0.3, -0.25) is 4.68 Å². The molecule has 2 aliphatic rings. The third-order valence-electron chi connectivity index (χ3n) is 5.55. The van der Waals surface area contributed by atoms with Crippen molar-refractivity contribution < 1.29 is 14.6 Å². The molecule has 1 fully saturated rings. The van der Waals surface area contributed by atoms with Crippen molar-refractivity contribution in [3.63, 3.8) is 0 Å². The number of hydrogen-bond donors (Lipinski definition) is 1. The average molecular weight is 390 g/mol. The van der Waals surface area contributed by atoms with Crippen molar-refractivity contribution >= 4 is 5.57 Å². The second kappa shape index (κ2) is 7.33. The molecule has 4 heterocycles. The van der Waals surface area contributed by atoms with E-state index in [2.05, 4.69) is 21.4 Å². The fourth-order valence-electron chi connectivity index (χ4n) is 4.00. The standard InChI is InChI=1S/C22H22N4O3/c1-26-13-16(12-23-26)15-2-3-18(20(27)10-15)19-11-21-22(25-24-19)17(6-9-29-21)14-4-7-28-8-5-14/h2-3,6,10-14,27H,4-5,7-9H2,1H3. The molecule has 29 heavy (non-hydrogen) atoms. The molecular formula is C22H22N4O3. The number of phenolic OH excluding ortho intramolecular Hbond substituents is 1. The first kappa shape index (κ1) is 17.9. The third kappa shape index (κ3) is 3.38. The highest BCUT2D eigenvalue weighted by molar-refractivity contribution is 5.77. The SMILES string of the molecule is Cn1cc(-c2ccc(-c3cc4c(nn3)C(C3CCOCC3)=CCO4)c(O)c2)cn1. The first-order chi connectivity index (χ1) is 14.2. The van der Waals surface area contributed by atoms with Gasteiger partial charge in [0.25, 0.3) is 0 Å². The molecule has 0 unspecified atom stereocenters. The van der Waals surface area contributed by atoms with Gasteiger partial charge in [0.1, 0.15) is 29.5 Å². The number of fused-ring (bicyclic) bond motifs is 1. The quantitative estimate of drug-likeness (QED) is 0.738. The number of aryl methyl sites for hydroxylation is 1. The second-order valence-corrected chi connectivity index (χ2v) is 7.43. The topological polar surface area (TPSA) is 82.3 Å². The van der Waals surface area contributed by atoms with E-state index in [4.69, 9.17) is 9.47 Å². The van der Waals surface area contributed by atoms with Gasteiger partial charge in [-0.05, 0) is 48.1 Å². The van der Waals surface area contributed by atoms with Crippen LogP contribution in [0.15, 0.2) is 42.7 Å². The minimum absolute atomic E-state index is 0.150. The highest BCUT2D eigenvalue weighted by atomic mass is 16.5. The monoisotopic (exact) mass is 390 g/mol. The Hall–Kier alpha value is -3.19. The molecule has 0 radical (unpaired) electrons. The van der Waals surface area contributed by atoms with E-state index in [1.54, 1.807) is 16.9 Å². The Balaban J connectivity index is 1.46. The minimum Gasteiger partial charge on any atom is -0.507 e. The molecule has 2 aromatic heterocycles. The summed E-state index contributed by atoms with van der Waals surface area (Å²) in [6.45, 7) is 2.08. The van der Waals surface area contributed by atoms with Crippen LogP contribution in [0.4, 0.5) is 0 Å². The first-order valence-corrected chi connectivity index (χ1v) is 9.80. The summed E-state index contributed by atoms with van der Waals surface area (Å²) >= 11 is 0. The van der Waals surface area contributed by atoms with E-state index in [-0.39, 0.29) is 5.75 Å². The third-order valence-corrected chi connectivity index (χ3v) is 5.55. The number of rotatable bonds is 3. The predicted octanol–water partition coefficient (Wildman–Crippen LogP) is 3.45. The number of benzene rings is 1. The van der Waals surface area contributed by atoms with Crippen molar-refractivity contribution in [1.29, 1.82) is 0 Å². The lowest BCUT2D eigenvalue weighted by Gasteiger charge is -2.27. The number of nitrogens with zero attached hydrogens (tertiary/aromatic N) is 4. The van der Waals surface area contributed by atoms with Gasteiger partial charge in [-0.15, -0.1) is 10.2 Å². The molecule has 1 N–H and O–H groups in total. The molecule has 0 bridgehead atoms. The van der Waals surface area contributed by atoms with Gasteiger partial charge in [0, 0.05) is 43.7 Å². The molecular weight excluding hydrogens is 368 g/mol. The van der Waals surface area contributed by atoms with Gasteiger partial charge >= 0.3 is 0 Å². The Labute approximate surface area is 168 Å². The maximum absolute atomic E-state index is 10.6. The van der Waals surface area contributed by atoms with Crippen LogP contribution in [0.3, 0.4) is 0 Å². The molecule has 0 spiro atoms. The number of ether oxygens (including phenoxy) is 2. The van der Waals surface area contributed by atoms with Crippen LogP contribution >= 0.6 is 0 Å². The normalized spacial score (nSPS) is 16.8. The molecule has 1 saturated heterocycles. The van der Waals surface area contributed by atoms with E-state index in [0.717, 1.165) is 48.6 Å². The van der Waals surface area contributed by atoms with Gasteiger partial charge in [-0.2, -0.15) is 5.10 Å². The highest BCUT2D eigenvalue weighted by Gasteiger charge is 2.26. The summed E-state index contributed by atoms with van der Waals surface area (Å²) in [6.07, 6.45) is 7.76. The fourth-order valence-corrected chi connectivity index (χ4v) is 4.00. The average Bonchev–Trinajstić information content (AvgIpc) is 3.20. The van der Waals surface area contributed by atoms with E-state index in [1.165, 1.54) is 5.57 Å². The summed E-state index contributed by atoms with van der Waals surface area (Å²) < 4.78 is 13.1. The van der Waals surface area contributed by atoms with Crippen molar-refractivity contribution in [2.75, 3.05) is 19.8 Å². The van der Waals surface area contributed by atoms with E-state index >= 15 is 0 Å². The lowest BCUT2D eigenvalue weighted by atomic mass is 9.88. The largest absolute Gasteiger partial charge is 0.507 e. The number of aromatic nitrogens is 4. The molecule has 1 aromatic carbocycles. The van der Waals surface area contributed by atoms with Crippen LogP contribution in [0.2, 0.25) is 0 Å². The summed E-state index contributed by atoms with van der Waals surface area (Å²) in [5.74, 6) is 1.30. The number of hydrogen-bond acceptors (Lipinski definition) is 6.